The Kier molecular flexibility index (Phi) is 5.05. The molecule has 0 atom stereocenters. The molecule has 4 aromatic rings. The number of ether oxygens (including phenoxy) is 2. The van der Waals surface area contributed by atoms with Crippen LogP contribution in [0.1, 0.15) is 5.56 Å². The van der Waals surface area contributed by atoms with Gasteiger partial charge in [0.2, 0.25) is 0 Å². The summed E-state index contributed by atoms with van der Waals surface area (Å²) in [5.41, 5.74) is 2.89. The van der Waals surface area contributed by atoms with Gasteiger partial charge >= 0.3 is 0 Å². The zero-order valence-corrected chi connectivity index (χ0v) is 15.8. The van der Waals surface area contributed by atoms with E-state index in [-0.39, 0.29) is 0 Å². The molecule has 0 fully saturated rings. The molecule has 0 amide bonds. The SMILES string of the molecule is COc1ccc(CCNc2ncnc3c2cnn3-c2ccccc2)cc1OC. The third-order valence-corrected chi connectivity index (χ3v) is 4.52. The number of nitrogens with zero attached hydrogens (tertiary/aromatic N) is 4. The molecule has 0 aliphatic rings. The minimum Gasteiger partial charge on any atom is -0.493 e. The van der Waals surface area contributed by atoms with Gasteiger partial charge in [-0.25, -0.2) is 14.6 Å². The summed E-state index contributed by atoms with van der Waals surface area (Å²) >= 11 is 0. The quantitative estimate of drug-likeness (QED) is 0.533. The molecule has 0 radical (unpaired) electrons. The van der Waals surface area contributed by atoms with E-state index in [1.165, 1.54) is 0 Å². The first-order valence-corrected chi connectivity index (χ1v) is 8.99. The number of aromatic nitrogens is 4. The van der Waals surface area contributed by atoms with Gasteiger partial charge in [0, 0.05) is 6.54 Å². The third kappa shape index (κ3) is 3.46. The highest BCUT2D eigenvalue weighted by Crippen LogP contribution is 2.28. The van der Waals surface area contributed by atoms with E-state index in [0.29, 0.717) is 0 Å². The van der Waals surface area contributed by atoms with E-state index in [1.54, 1.807) is 26.7 Å². The Morgan fingerprint density at radius 3 is 2.57 bits per heavy atom. The lowest BCUT2D eigenvalue weighted by Crippen LogP contribution is -2.07. The van der Waals surface area contributed by atoms with Gasteiger partial charge in [0.15, 0.2) is 17.1 Å². The van der Waals surface area contributed by atoms with Crippen LogP contribution in [0.15, 0.2) is 61.1 Å². The van der Waals surface area contributed by atoms with Gasteiger partial charge in [-0.15, -0.1) is 0 Å². The van der Waals surface area contributed by atoms with E-state index >= 15 is 0 Å². The van der Waals surface area contributed by atoms with Crippen molar-refractivity contribution in [2.75, 3.05) is 26.1 Å². The number of rotatable bonds is 7. The zero-order chi connectivity index (χ0) is 19.3. The van der Waals surface area contributed by atoms with Gasteiger partial charge in [0.1, 0.15) is 12.1 Å². The molecule has 0 aliphatic heterocycles. The maximum Gasteiger partial charge on any atom is 0.168 e. The largest absolute Gasteiger partial charge is 0.493 e. The van der Waals surface area contributed by atoms with Crippen molar-refractivity contribution in [3.63, 3.8) is 0 Å². The van der Waals surface area contributed by atoms with Crippen LogP contribution >= 0.6 is 0 Å². The first kappa shape index (κ1) is 17.8. The molecule has 28 heavy (non-hydrogen) atoms. The highest BCUT2D eigenvalue weighted by Gasteiger charge is 2.11. The molecule has 2 heterocycles. The fourth-order valence-electron chi connectivity index (χ4n) is 3.10. The predicted octanol–water partition coefficient (Wildman–Crippen LogP) is 3.49. The van der Waals surface area contributed by atoms with Crippen LogP contribution in [0.2, 0.25) is 0 Å². The Morgan fingerprint density at radius 1 is 0.964 bits per heavy atom. The number of para-hydroxylation sites is 1. The summed E-state index contributed by atoms with van der Waals surface area (Å²) in [4.78, 5) is 8.79. The molecule has 0 bridgehead atoms. The number of hydrogen-bond donors (Lipinski definition) is 1. The van der Waals surface area contributed by atoms with Gasteiger partial charge in [-0.1, -0.05) is 24.3 Å². The molecule has 4 rings (SSSR count). The molecule has 0 aliphatic carbocycles. The third-order valence-electron chi connectivity index (χ3n) is 4.52. The first-order valence-electron chi connectivity index (χ1n) is 8.99. The summed E-state index contributed by atoms with van der Waals surface area (Å²) in [5, 5.41) is 8.76. The van der Waals surface area contributed by atoms with Crippen LogP contribution in [0.4, 0.5) is 5.82 Å². The van der Waals surface area contributed by atoms with E-state index in [4.69, 9.17) is 9.47 Å². The topological polar surface area (TPSA) is 74.1 Å². The first-order chi connectivity index (χ1) is 13.8. The number of hydrogen-bond acceptors (Lipinski definition) is 6. The summed E-state index contributed by atoms with van der Waals surface area (Å²) in [6, 6.07) is 15.9. The van der Waals surface area contributed by atoms with E-state index < -0.39 is 0 Å². The van der Waals surface area contributed by atoms with Gasteiger partial charge in [-0.3, -0.25) is 0 Å². The molecular formula is C21H21N5O2. The van der Waals surface area contributed by atoms with Gasteiger partial charge in [-0.05, 0) is 36.2 Å². The highest BCUT2D eigenvalue weighted by molar-refractivity contribution is 5.87. The minimum atomic E-state index is 0.720. The Labute approximate surface area is 163 Å². The number of benzene rings is 2. The maximum absolute atomic E-state index is 5.37. The second-order valence-electron chi connectivity index (χ2n) is 6.22. The monoisotopic (exact) mass is 375 g/mol. The van der Waals surface area contributed by atoms with Gasteiger partial charge < -0.3 is 14.8 Å². The summed E-state index contributed by atoms with van der Waals surface area (Å²) < 4.78 is 12.5. The van der Waals surface area contributed by atoms with Crippen LogP contribution in [0.25, 0.3) is 16.7 Å². The molecule has 2 aromatic heterocycles. The predicted molar refractivity (Wildman–Crippen MR) is 108 cm³/mol. The Hall–Kier alpha value is -3.61. The second-order valence-corrected chi connectivity index (χ2v) is 6.22. The minimum absolute atomic E-state index is 0.720. The van der Waals surface area contributed by atoms with E-state index in [9.17, 15) is 0 Å². The number of methoxy groups -OCH3 is 2. The van der Waals surface area contributed by atoms with Crippen molar-refractivity contribution in [1.29, 1.82) is 0 Å². The molecule has 0 saturated carbocycles. The van der Waals surface area contributed by atoms with Crippen LogP contribution in [0.3, 0.4) is 0 Å². The normalized spacial score (nSPS) is 10.8. The smallest absolute Gasteiger partial charge is 0.168 e. The van der Waals surface area contributed by atoms with Crippen molar-refractivity contribution in [3.05, 3.63) is 66.6 Å². The summed E-state index contributed by atoms with van der Waals surface area (Å²) in [6.45, 7) is 0.720. The van der Waals surface area contributed by atoms with Crippen molar-refractivity contribution in [1.82, 2.24) is 19.7 Å². The zero-order valence-electron chi connectivity index (χ0n) is 15.8. The van der Waals surface area contributed by atoms with Crippen molar-refractivity contribution >= 4 is 16.9 Å². The molecule has 7 heteroatoms. The van der Waals surface area contributed by atoms with Crippen molar-refractivity contribution in [2.24, 2.45) is 0 Å². The lowest BCUT2D eigenvalue weighted by atomic mass is 10.1. The van der Waals surface area contributed by atoms with Crippen LogP contribution in [-0.2, 0) is 6.42 Å². The maximum atomic E-state index is 5.37. The molecular weight excluding hydrogens is 354 g/mol. The second kappa shape index (κ2) is 7.96. The highest BCUT2D eigenvalue weighted by atomic mass is 16.5. The molecule has 142 valence electrons. The van der Waals surface area contributed by atoms with Crippen LogP contribution in [0, 0.1) is 0 Å². The summed E-state index contributed by atoms with van der Waals surface area (Å²) in [5.74, 6) is 2.23. The lowest BCUT2D eigenvalue weighted by molar-refractivity contribution is 0.354. The lowest BCUT2D eigenvalue weighted by Gasteiger charge is -2.10. The van der Waals surface area contributed by atoms with E-state index in [0.717, 1.165) is 52.6 Å². The average molecular weight is 375 g/mol. The standard InChI is InChI=1S/C21H21N5O2/c1-27-18-9-8-15(12-19(18)28-2)10-11-22-20-17-13-25-26(21(17)24-14-23-20)16-6-4-3-5-7-16/h3-9,12-14H,10-11H2,1-2H3,(H,22,23,24). The van der Waals surface area contributed by atoms with Crippen molar-refractivity contribution < 1.29 is 9.47 Å². The molecule has 0 unspecified atom stereocenters. The number of anilines is 1. The van der Waals surface area contributed by atoms with Crippen LogP contribution in [-0.4, -0.2) is 40.5 Å². The van der Waals surface area contributed by atoms with Gasteiger partial charge in [0.25, 0.3) is 0 Å². The van der Waals surface area contributed by atoms with Gasteiger partial charge in [-0.2, -0.15) is 5.10 Å². The van der Waals surface area contributed by atoms with Crippen LogP contribution in [0.5, 0.6) is 11.5 Å². The van der Waals surface area contributed by atoms with Crippen molar-refractivity contribution in [2.45, 2.75) is 6.42 Å². The van der Waals surface area contributed by atoms with E-state index in [2.05, 4.69) is 20.4 Å². The van der Waals surface area contributed by atoms with E-state index in [1.807, 2.05) is 53.2 Å². The average Bonchev–Trinajstić information content (AvgIpc) is 3.19. The Bertz CT molecular complexity index is 1080. The molecule has 2 aromatic carbocycles. The van der Waals surface area contributed by atoms with Gasteiger partial charge in [0.05, 0.1) is 31.5 Å². The van der Waals surface area contributed by atoms with Crippen LogP contribution < -0.4 is 14.8 Å². The summed E-state index contributed by atoms with van der Waals surface area (Å²) in [6.07, 6.45) is 4.17. The number of fused-ring (bicyclic) bond motifs is 1. The fourth-order valence-corrected chi connectivity index (χ4v) is 3.10. The molecule has 0 spiro atoms. The molecule has 1 N–H and O–H groups in total. The summed E-state index contributed by atoms with van der Waals surface area (Å²) in [7, 11) is 3.27. The Morgan fingerprint density at radius 2 is 1.79 bits per heavy atom. The molecule has 0 saturated heterocycles. The number of nitrogens with one attached hydrogen (secondary N) is 1. The molecule has 7 nitrogen and oxygen atoms in total. The van der Waals surface area contributed by atoms with Crippen molar-refractivity contribution in [3.8, 4) is 17.2 Å². The Balaban J connectivity index is 1.51. The fraction of sp³-hybridized carbons (Fsp3) is 0.190.